The number of alkyl halides is 3. The summed E-state index contributed by atoms with van der Waals surface area (Å²) >= 11 is 0.910. The number of hydrogen-bond donors (Lipinski definition) is 2. The number of carbonyl (C=O) groups excluding carboxylic acids is 1. The van der Waals surface area contributed by atoms with Crippen LogP contribution in [-0.4, -0.2) is 36.8 Å². The smallest absolute Gasteiger partial charge is 0.416 e. The summed E-state index contributed by atoms with van der Waals surface area (Å²) in [6.07, 6.45) is 6.87. The number of benzene rings is 1. The van der Waals surface area contributed by atoms with E-state index in [9.17, 15) is 36.3 Å². The van der Waals surface area contributed by atoms with Gasteiger partial charge in [-0.3, -0.25) is 4.79 Å². The Kier molecular flexibility index (Phi) is 13.4. The summed E-state index contributed by atoms with van der Waals surface area (Å²) in [5.41, 5.74) is -0.555. The van der Waals surface area contributed by atoms with Crippen LogP contribution in [-0.2, 0) is 38.9 Å². The van der Waals surface area contributed by atoms with Gasteiger partial charge >= 0.3 is 18.1 Å². The number of rotatable bonds is 17. The van der Waals surface area contributed by atoms with Crippen LogP contribution in [0, 0.1) is 0 Å². The van der Waals surface area contributed by atoms with Crippen molar-refractivity contribution in [3.8, 4) is 0 Å². The van der Waals surface area contributed by atoms with Gasteiger partial charge in [0.1, 0.15) is 4.21 Å². The van der Waals surface area contributed by atoms with Crippen LogP contribution in [0.2, 0.25) is 0 Å². The van der Waals surface area contributed by atoms with E-state index in [0.29, 0.717) is 17.0 Å². The number of thiophene rings is 1. The van der Waals surface area contributed by atoms with Crippen molar-refractivity contribution in [1.29, 1.82) is 0 Å². The van der Waals surface area contributed by atoms with Crippen LogP contribution in [0.15, 0.2) is 40.6 Å². The number of unbranched alkanes of at least 4 members (excludes halogenated alkanes) is 9. The van der Waals surface area contributed by atoms with Gasteiger partial charge in [0.2, 0.25) is 10.0 Å². The van der Waals surface area contributed by atoms with Crippen molar-refractivity contribution in [2.24, 2.45) is 0 Å². The molecule has 1 aromatic carbocycles. The van der Waals surface area contributed by atoms with Crippen molar-refractivity contribution in [3.05, 3.63) is 52.4 Å². The van der Waals surface area contributed by atoms with Crippen molar-refractivity contribution in [1.82, 2.24) is 9.62 Å². The summed E-state index contributed by atoms with van der Waals surface area (Å²) in [5.74, 6) is -2.96. The van der Waals surface area contributed by atoms with E-state index < -0.39 is 33.6 Å². The van der Waals surface area contributed by atoms with Gasteiger partial charge in [0.05, 0.1) is 12.1 Å². The number of aliphatic carboxylic acids is 1. The van der Waals surface area contributed by atoms with Crippen molar-refractivity contribution < 1.29 is 36.3 Å². The maximum absolute atomic E-state index is 12.8. The minimum absolute atomic E-state index is 0.0434. The fourth-order valence-electron chi connectivity index (χ4n) is 4.02. The highest BCUT2D eigenvalue weighted by Crippen LogP contribution is 2.29. The van der Waals surface area contributed by atoms with Gasteiger partial charge in [0, 0.05) is 18.0 Å². The van der Waals surface area contributed by atoms with Gasteiger partial charge < -0.3 is 10.0 Å². The Morgan fingerprint density at radius 2 is 1.44 bits per heavy atom. The molecule has 1 amide bonds. The monoisotopic (exact) mass is 590 g/mol. The first-order valence-electron chi connectivity index (χ1n) is 13.2. The highest BCUT2D eigenvalue weighted by molar-refractivity contribution is 7.91. The third-order valence-electron chi connectivity index (χ3n) is 6.20. The fraction of sp³-hybridized carbons (Fsp3) is 0.556. The van der Waals surface area contributed by atoms with E-state index in [1.54, 1.807) is 0 Å². The molecule has 0 unspecified atom stereocenters. The maximum Gasteiger partial charge on any atom is 0.416 e. The molecule has 0 radical (unpaired) electrons. The molecule has 0 atom stereocenters. The SMILES string of the molecule is CCCCCCCCCCCCNS(=O)(=O)c1ccc(CN(Cc2ccc(C(F)(F)F)cc2)C(=O)C(=O)O)s1. The lowest BCUT2D eigenvalue weighted by Gasteiger charge is -2.20. The number of nitrogens with one attached hydrogen (secondary N) is 1. The van der Waals surface area contributed by atoms with Gasteiger partial charge in [-0.2, -0.15) is 13.2 Å². The molecule has 12 heteroatoms. The summed E-state index contributed by atoms with van der Waals surface area (Å²) in [6, 6.07) is 6.94. The third-order valence-corrected chi connectivity index (χ3v) is 9.22. The number of amides is 1. The molecule has 0 saturated heterocycles. The van der Waals surface area contributed by atoms with E-state index in [0.717, 1.165) is 54.1 Å². The maximum atomic E-state index is 12.8. The zero-order chi connectivity index (χ0) is 28.9. The fourth-order valence-corrected chi connectivity index (χ4v) is 6.51. The molecule has 1 heterocycles. The van der Waals surface area contributed by atoms with Crippen LogP contribution in [0.5, 0.6) is 0 Å². The van der Waals surface area contributed by atoms with E-state index in [4.69, 9.17) is 0 Å². The molecule has 0 spiro atoms. The first-order chi connectivity index (χ1) is 18.4. The Morgan fingerprint density at radius 3 is 1.97 bits per heavy atom. The van der Waals surface area contributed by atoms with Crippen LogP contribution in [0.4, 0.5) is 13.2 Å². The largest absolute Gasteiger partial charge is 0.474 e. The molecule has 2 rings (SSSR count). The van der Waals surface area contributed by atoms with Gasteiger partial charge in [-0.1, -0.05) is 76.8 Å². The minimum atomic E-state index is -4.52. The van der Waals surface area contributed by atoms with Crippen LogP contribution in [0.25, 0.3) is 0 Å². The lowest BCUT2D eigenvalue weighted by molar-refractivity contribution is -0.156. The van der Waals surface area contributed by atoms with Crippen molar-refractivity contribution in [3.63, 3.8) is 0 Å². The Morgan fingerprint density at radius 1 is 0.872 bits per heavy atom. The molecule has 2 aromatic rings. The molecule has 7 nitrogen and oxygen atoms in total. The number of nitrogens with zero attached hydrogens (tertiary/aromatic N) is 1. The minimum Gasteiger partial charge on any atom is -0.474 e. The molecule has 2 N–H and O–H groups in total. The Labute approximate surface area is 232 Å². The van der Waals surface area contributed by atoms with E-state index >= 15 is 0 Å². The molecule has 0 bridgehead atoms. The first-order valence-corrected chi connectivity index (χ1v) is 15.5. The molecule has 1 aromatic heterocycles. The zero-order valence-electron chi connectivity index (χ0n) is 22.1. The molecular weight excluding hydrogens is 553 g/mol. The number of halogens is 3. The van der Waals surface area contributed by atoms with E-state index in [1.807, 2.05) is 0 Å². The standard InChI is InChI=1S/C27H37F3N2O5S2/c1-2-3-4-5-6-7-8-9-10-11-18-31-39(36,37)24-17-16-23(38-24)20-32(25(33)26(34)35)19-21-12-14-22(15-13-21)27(28,29)30/h12-17,31H,2-11,18-20H2,1H3,(H,34,35). The number of carboxylic acid groups (broad SMARTS) is 1. The predicted octanol–water partition coefficient (Wildman–Crippen LogP) is 6.58. The number of hydrogen-bond acceptors (Lipinski definition) is 5. The van der Waals surface area contributed by atoms with Gasteiger partial charge in [-0.25, -0.2) is 17.9 Å². The predicted molar refractivity (Wildman–Crippen MR) is 145 cm³/mol. The quantitative estimate of drug-likeness (QED) is 0.160. The van der Waals surface area contributed by atoms with Crippen molar-refractivity contribution in [2.75, 3.05) is 6.54 Å². The second-order valence-corrected chi connectivity index (χ2v) is 12.6. The second-order valence-electron chi connectivity index (χ2n) is 9.46. The molecule has 0 aliphatic carbocycles. The van der Waals surface area contributed by atoms with Gasteiger partial charge in [0.25, 0.3) is 0 Å². The molecule has 0 saturated carbocycles. The van der Waals surface area contributed by atoms with Crippen LogP contribution < -0.4 is 4.72 Å². The first kappa shape index (κ1) is 32.8. The lowest BCUT2D eigenvalue weighted by atomic mass is 10.1. The van der Waals surface area contributed by atoms with Crippen molar-refractivity contribution >= 4 is 33.2 Å². The molecule has 0 aliphatic heterocycles. The van der Waals surface area contributed by atoms with Crippen LogP contribution in [0.1, 0.15) is 87.1 Å². The zero-order valence-corrected chi connectivity index (χ0v) is 23.8. The average molecular weight is 591 g/mol. The van der Waals surface area contributed by atoms with Gasteiger partial charge in [0.15, 0.2) is 0 Å². The highest BCUT2D eigenvalue weighted by Gasteiger charge is 2.30. The molecule has 0 aliphatic rings. The average Bonchev–Trinajstić information content (AvgIpc) is 3.36. The Balaban J connectivity index is 1.87. The Bertz CT molecular complexity index is 1150. The van der Waals surface area contributed by atoms with E-state index in [1.165, 1.54) is 62.8 Å². The topological polar surface area (TPSA) is 104 Å². The lowest BCUT2D eigenvalue weighted by Crippen LogP contribution is -2.35. The molecule has 218 valence electrons. The normalized spacial score (nSPS) is 12.0. The number of sulfonamides is 1. The molecular formula is C27H37F3N2O5S2. The number of carboxylic acids is 1. The van der Waals surface area contributed by atoms with Crippen LogP contribution in [0.3, 0.4) is 0 Å². The van der Waals surface area contributed by atoms with E-state index in [-0.39, 0.29) is 17.3 Å². The van der Waals surface area contributed by atoms with Gasteiger partial charge in [-0.15, -0.1) is 11.3 Å². The highest BCUT2D eigenvalue weighted by atomic mass is 32.2. The van der Waals surface area contributed by atoms with Gasteiger partial charge in [-0.05, 0) is 36.2 Å². The summed E-state index contributed by atoms with van der Waals surface area (Å²) < 4.78 is 66.4. The van der Waals surface area contributed by atoms with Crippen molar-refractivity contribution in [2.45, 2.75) is 94.6 Å². The van der Waals surface area contributed by atoms with E-state index in [2.05, 4.69) is 11.6 Å². The third kappa shape index (κ3) is 11.7. The van der Waals surface area contributed by atoms with Crippen LogP contribution >= 0.6 is 11.3 Å². The summed E-state index contributed by atoms with van der Waals surface area (Å²) in [5, 5.41) is 9.18. The summed E-state index contributed by atoms with van der Waals surface area (Å²) in [6.45, 7) is 2.05. The number of carbonyl (C=O) groups is 2. The Hall–Kier alpha value is -2.44. The second kappa shape index (κ2) is 16.0. The molecule has 39 heavy (non-hydrogen) atoms. The summed E-state index contributed by atoms with van der Waals surface area (Å²) in [7, 11) is -3.76. The molecule has 0 fully saturated rings. The summed E-state index contributed by atoms with van der Waals surface area (Å²) in [4.78, 5) is 24.9.